The Kier molecular flexibility index (Phi) is 4.57. The molecule has 2 aromatic rings. The molecule has 9 heteroatoms. The second-order valence-corrected chi connectivity index (χ2v) is 8.84. The van der Waals surface area contributed by atoms with E-state index in [4.69, 9.17) is 0 Å². The van der Waals surface area contributed by atoms with Crippen molar-refractivity contribution in [1.29, 1.82) is 0 Å². The average molecular weight is 412 g/mol. The molecule has 0 fully saturated rings. The predicted octanol–water partition coefficient (Wildman–Crippen LogP) is 3.60. The fourth-order valence-electron chi connectivity index (χ4n) is 4.20. The number of benzene rings is 1. The minimum Gasteiger partial charge on any atom is -0.343 e. The lowest BCUT2D eigenvalue weighted by molar-refractivity contribution is -0.385. The van der Waals surface area contributed by atoms with E-state index < -0.39 is 16.4 Å². The first kappa shape index (κ1) is 19.4. The molecule has 0 spiro atoms. The van der Waals surface area contributed by atoms with Crippen molar-refractivity contribution in [1.82, 2.24) is 9.97 Å². The van der Waals surface area contributed by atoms with E-state index in [1.165, 1.54) is 17.8 Å². The number of hydrogen-bond donors (Lipinski definition) is 2. The molecule has 2 aliphatic rings. The quantitative estimate of drug-likeness (QED) is 0.342. The molecule has 2 heterocycles. The normalized spacial score (nSPS) is 20.0. The van der Waals surface area contributed by atoms with E-state index in [0.29, 0.717) is 40.6 Å². The Labute approximate surface area is 171 Å². The molecular weight excluding hydrogens is 392 g/mol. The topological polar surface area (TPSA) is 118 Å². The van der Waals surface area contributed by atoms with E-state index in [1.807, 2.05) is 13.8 Å². The minimum atomic E-state index is -0.835. The average Bonchev–Trinajstić information content (AvgIpc) is 2.65. The molecule has 1 aromatic carbocycles. The number of carbonyl (C=O) groups excluding carboxylic acids is 1. The van der Waals surface area contributed by atoms with Gasteiger partial charge in [-0.25, -0.2) is 4.98 Å². The number of hydrogen-bond acceptors (Lipinski definition) is 7. The van der Waals surface area contributed by atoms with Crippen molar-refractivity contribution in [3.63, 3.8) is 0 Å². The van der Waals surface area contributed by atoms with E-state index in [0.717, 1.165) is 0 Å². The Hall–Kier alpha value is -2.94. The minimum absolute atomic E-state index is 0.106. The van der Waals surface area contributed by atoms with Gasteiger partial charge in [0.15, 0.2) is 10.9 Å². The summed E-state index contributed by atoms with van der Waals surface area (Å²) in [5.74, 6) is -0.588. The van der Waals surface area contributed by atoms with E-state index >= 15 is 0 Å². The molecule has 0 saturated carbocycles. The fraction of sp³-hybridized carbons (Fsp3) is 0.350. The standard InChI is InChI=1S/C20H20N4O4S/c1-20(2)8-11-15(13(25)9-20)14(10-6-4-5-7-12(10)24(27)28)16-17(21-11)22-19(29-3)23-18(16)26/h4-7,14H,8-9H2,1-3H3,(H2,21,22,23,26)/t14-/m0/s1. The SMILES string of the molecule is CSc1nc2c(c(=O)[nH]1)[C@@H](c1ccccc1[N+](=O)[O-])C1=C(CC(C)(C)CC1=O)N2. The van der Waals surface area contributed by atoms with Gasteiger partial charge >= 0.3 is 0 Å². The number of thioether (sulfide) groups is 1. The van der Waals surface area contributed by atoms with Gasteiger partial charge in [-0.15, -0.1) is 0 Å². The van der Waals surface area contributed by atoms with Crippen LogP contribution in [0.4, 0.5) is 11.5 Å². The lowest BCUT2D eigenvalue weighted by Gasteiger charge is -2.38. The van der Waals surface area contributed by atoms with Crippen LogP contribution >= 0.6 is 11.8 Å². The maximum atomic E-state index is 13.1. The third kappa shape index (κ3) is 3.25. The Balaban J connectivity index is 2.04. The van der Waals surface area contributed by atoms with Crippen LogP contribution in [-0.4, -0.2) is 26.9 Å². The van der Waals surface area contributed by atoms with Crippen LogP contribution in [0.1, 0.15) is 43.7 Å². The first-order valence-electron chi connectivity index (χ1n) is 9.16. The number of allylic oxidation sites excluding steroid dienone is 2. The summed E-state index contributed by atoms with van der Waals surface area (Å²) >= 11 is 1.29. The molecule has 0 bridgehead atoms. The molecule has 29 heavy (non-hydrogen) atoms. The Morgan fingerprint density at radius 1 is 1.24 bits per heavy atom. The summed E-state index contributed by atoms with van der Waals surface area (Å²) in [5.41, 5.74) is 0.899. The molecule has 4 rings (SSSR count). The van der Waals surface area contributed by atoms with Crippen LogP contribution in [0.25, 0.3) is 0 Å². The molecule has 1 aromatic heterocycles. The van der Waals surface area contributed by atoms with Gasteiger partial charge < -0.3 is 10.3 Å². The zero-order valence-corrected chi connectivity index (χ0v) is 17.1. The highest BCUT2D eigenvalue weighted by Crippen LogP contribution is 2.49. The van der Waals surface area contributed by atoms with Crippen LogP contribution in [0, 0.1) is 15.5 Å². The van der Waals surface area contributed by atoms with Gasteiger partial charge in [-0.1, -0.05) is 43.8 Å². The van der Waals surface area contributed by atoms with Gasteiger partial charge in [0.05, 0.1) is 16.4 Å². The van der Waals surface area contributed by atoms with Gasteiger partial charge in [-0.3, -0.25) is 19.7 Å². The molecule has 1 aliphatic heterocycles. The van der Waals surface area contributed by atoms with Crippen LogP contribution in [-0.2, 0) is 4.79 Å². The third-order valence-electron chi connectivity index (χ3n) is 5.34. The predicted molar refractivity (Wildman–Crippen MR) is 110 cm³/mol. The zero-order chi connectivity index (χ0) is 20.9. The van der Waals surface area contributed by atoms with Gasteiger partial charge in [0.2, 0.25) is 0 Å². The lowest BCUT2D eigenvalue weighted by atomic mass is 9.69. The number of aromatic amines is 1. The summed E-state index contributed by atoms with van der Waals surface area (Å²) in [5, 5.41) is 15.3. The second kappa shape index (κ2) is 6.84. The number of H-pyrrole nitrogens is 1. The highest BCUT2D eigenvalue weighted by molar-refractivity contribution is 7.98. The van der Waals surface area contributed by atoms with Gasteiger partial charge in [-0.05, 0) is 18.1 Å². The van der Waals surface area contributed by atoms with Crippen LogP contribution in [0.5, 0.6) is 0 Å². The fourth-order valence-corrected chi connectivity index (χ4v) is 4.58. The molecule has 150 valence electrons. The highest BCUT2D eigenvalue weighted by Gasteiger charge is 2.44. The number of aromatic nitrogens is 2. The summed E-state index contributed by atoms with van der Waals surface area (Å²) in [6.45, 7) is 4.01. The lowest BCUT2D eigenvalue weighted by Crippen LogP contribution is -2.37. The van der Waals surface area contributed by atoms with Crippen LogP contribution in [0.3, 0.4) is 0 Å². The van der Waals surface area contributed by atoms with Crippen molar-refractivity contribution in [3.05, 3.63) is 67.1 Å². The number of nitro benzene ring substituents is 1. The molecule has 0 radical (unpaired) electrons. The van der Waals surface area contributed by atoms with Crippen LogP contribution < -0.4 is 10.9 Å². The number of anilines is 1. The van der Waals surface area contributed by atoms with Crippen molar-refractivity contribution < 1.29 is 9.72 Å². The number of nitrogens with one attached hydrogen (secondary N) is 2. The molecule has 0 amide bonds. The van der Waals surface area contributed by atoms with E-state index in [1.54, 1.807) is 24.5 Å². The molecule has 1 atom stereocenters. The first-order valence-corrected chi connectivity index (χ1v) is 10.4. The summed E-state index contributed by atoms with van der Waals surface area (Å²) < 4.78 is 0. The number of nitrogens with zero attached hydrogens (tertiary/aromatic N) is 2. The number of fused-ring (bicyclic) bond motifs is 1. The largest absolute Gasteiger partial charge is 0.343 e. The van der Waals surface area contributed by atoms with Gasteiger partial charge in [0, 0.05) is 29.3 Å². The van der Waals surface area contributed by atoms with Gasteiger partial charge in [0.25, 0.3) is 11.2 Å². The van der Waals surface area contributed by atoms with Crippen molar-refractivity contribution in [3.8, 4) is 0 Å². The Morgan fingerprint density at radius 3 is 2.66 bits per heavy atom. The number of rotatable bonds is 3. The monoisotopic (exact) mass is 412 g/mol. The number of Topliss-reactive ketones (excluding diaryl/α,β-unsaturated/α-hetero) is 1. The zero-order valence-electron chi connectivity index (χ0n) is 16.2. The summed E-state index contributed by atoms with van der Waals surface area (Å²) in [6.07, 6.45) is 2.70. The molecule has 8 nitrogen and oxygen atoms in total. The molecular formula is C20H20N4O4S. The smallest absolute Gasteiger partial charge is 0.273 e. The van der Waals surface area contributed by atoms with E-state index in [-0.39, 0.29) is 22.4 Å². The third-order valence-corrected chi connectivity index (χ3v) is 5.92. The second-order valence-electron chi connectivity index (χ2n) is 8.04. The summed E-state index contributed by atoms with van der Waals surface area (Å²) in [6, 6.07) is 6.26. The summed E-state index contributed by atoms with van der Waals surface area (Å²) in [7, 11) is 0. The van der Waals surface area contributed by atoms with E-state index in [2.05, 4.69) is 15.3 Å². The van der Waals surface area contributed by atoms with Crippen molar-refractivity contribution in [2.45, 2.75) is 37.8 Å². The van der Waals surface area contributed by atoms with Crippen molar-refractivity contribution >= 4 is 29.1 Å². The van der Waals surface area contributed by atoms with Crippen molar-refractivity contribution in [2.75, 3.05) is 11.6 Å². The maximum absolute atomic E-state index is 13.1. The van der Waals surface area contributed by atoms with Crippen LogP contribution in [0.2, 0.25) is 0 Å². The van der Waals surface area contributed by atoms with Crippen molar-refractivity contribution in [2.24, 2.45) is 5.41 Å². The first-order chi connectivity index (χ1) is 13.7. The molecule has 2 N–H and O–H groups in total. The van der Waals surface area contributed by atoms with Gasteiger partial charge in [0.1, 0.15) is 5.82 Å². The number of para-hydroxylation sites is 1. The van der Waals surface area contributed by atoms with Crippen LogP contribution in [0.15, 0.2) is 45.5 Å². The Morgan fingerprint density at radius 2 is 1.97 bits per heavy atom. The number of ketones is 1. The number of carbonyl (C=O) groups is 1. The highest BCUT2D eigenvalue weighted by atomic mass is 32.2. The maximum Gasteiger partial charge on any atom is 0.273 e. The molecule has 1 aliphatic carbocycles. The van der Waals surface area contributed by atoms with E-state index in [9.17, 15) is 19.7 Å². The number of nitro groups is 1. The Bertz CT molecular complexity index is 1140. The van der Waals surface area contributed by atoms with Gasteiger partial charge in [-0.2, -0.15) is 0 Å². The summed E-state index contributed by atoms with van der Waals surface area (Å²) in [4.78, 5) is 44.5. The molecule has 0 unspecified atom stereocenters. The molecule has 0 saturated heterocycles.